The molecule has 0 bridgehead atoms. The van der Waals surface area contributed by atoms with Crippen LogP contribution in [-0.4, -0.2) is 76.9 Å². The lowest BCUT2D eigenvalue weighted by atomic mass is 10.1. The third kappa shape index (κ3) is 5.88. The number of carbonyl (C=O) groups is 5. The summed E-state index contributed by atoms with van der Waals surface area (Å²) in [4.78, 5) is 61.1. The molecule has 1 aliphatic heterocycles. The van der Waals surface area contributed by atoms with Gasteiger partial charge in [-0.15, -0.1) is 0 Å². The normalized spacial score (nSPS) is 17.2. The summed E-state index contributed by atoms with van der Waals surface area (Å²) in [5.41, 5.74) is 0.0579. The van der Waals surface area contributed by atoms with Crippen molar-refractivity contribution in [3.05, 3.63) is 22.7 Å². The van der Waals surface area contributed by atoms with E-state index >= 15 is 0 Å². The summed E-state index contributed by atoms with van der Waals surface area (Å²) < 4.78 is 4.96. The molecular weight excluding hydrogens is 446 g/mol. The van der Waals surface area contributed by atoms with Crippen LogP contribution in [0.2, 0.25) is 5.02 Å². The minimum atomic E-state index is -1.25. The van der Waals surface area contributed by atoms with Crippen LogP contribution in [0.1, 0.15) is 36.5 Å². The first-order valence-corrected chi connectivity index (χ1v) is 10.1. The number of carboxylic acid groups (broad SMARTS) is 1. The van der Waals surface area contributed by atoms with Crippen LogP contribution in [0.4, 0.5) is 0 Å². The molecular formula is C20H24ClN3O8. The summed E-state index contributed by atoms with van der Waals surface area (Å²) in [6.07, 6.45) is 0.621. The van der Waals surface area contributed by atoms with Gasteiger partial charge in [0.1, 0.15) is 18.4 Å². The van der Waals surface area contributed by atoms with Gasteiger partial charge in [-0.05, 0) is 31.9 Å². The molecule has 1 aromatic rings. The Balaban J connectivity index is 2.07. The Bertz CT molecular complexity index is 922. The number of ether oxygens (including phenoxy) is 1. The standard InChI is InChI=1S/C20H24ClN3O8/c1-10(22-18(29)11-6-13(21)17(28)15(7-11)32-2)20(31)24-5-3-4-14(24)19(30)23-12(9-25)8-16(26)27/h6-7,9-10,12,14,28H,3-5,8H2,1-2H3,(H,22,29)(H,23,30)(H,26,27)/t10-,12-,14-/m0/s1. The van der Waals surface area contributed by atoms with Gasteiger partial charge in [-0.1, -0.05) is 11.6 Å². The number of benzene rings is 1. The van der Waals surface area contributed by atoms with Crippen molar-refractivity contribution in [3.8, 4) is 11.5 Å². The molecule has 174 valence electrons. The number of methoxy groups -OCH3 is 1. The summed E-state index contributed by atoms with van der Waals surface area (Å²) >= 11 is 5.89. The van der Waals surface area contributed by atoms with Crippen LogP contribution in [0, 0.1) is 0 Å². The van der Waals surface area contributed by atoms with Gasteiger partial charge in [0, 0.05) is 12.1 Å². The van der Waals surface area contributed by atoms with E-state index in [1.807, 2.05) is 0 Å². The van der Waals surface area contributed by atoms with Crippen LogP contribution < -0.4 is 15.4 Å². The average Bonchev–Trinajstić information content (AvgIpc) is 3.23. The van der Waals surface area contributed by atoms with Crippen LogP contribution in [0.15, 0.2) is 12.1 Å². The van der Waals surface area contributed by atoms with Gasteiger partial charge >= 0.3 is 5.97 Å². The molecule has 4 N–H and O–H groups in total. The van der Waals surface area contributed by atoms with Crippen LogP contribution in [0.25, 0.3) is 0 Å². The third-order valence-electron chi connectivity index (χ3n) is 4.95. The van der Waals surface area contributed by atoms with Crippen LogP contribution in [-0.2, 0) is 19.2 Å². The highest BCUT2D eigenvalue weighted by Gasteiger charge is 2.37. The van der Waals surface area contributed by atoms with Gasteiger partial charge in [0.2, 0.25) is 11.8 Å². The van der Waals surface area contributed by atoms with Crippen molar-refractivity contribution in [1.82, 2.24) is 15.5 Å². The maximum atomic E-state index is 12.9. The van der Waals surface area contributed by atoms with E-state index < -0.39 is 48.2 Å². The van der Waals surface area contributed by atoms with Gasteiger partial charge in [0.15, 0.2) is 11.5 Å². The highest BCUT2D eigenvalue weighted by atomic mass is 35.5. The zero-order chi connectivity index (χ0) is 24.0. The van der Waals surface area contributed by atoms with Crippen LogP contribution in [0.3, 0.4) is 0 Å². The number of phenols is 1. The van der Waals surface area contributed by atoms with E-state index in [4.69, 9.17) is 21.4 Å². The van der Waals surface area contributed by atoms with E-state index in [0.717, 1.165) is 0 Å². The first-order chi connectivity index (χ1) is 15.1. The van der Waals surface area contributed by atoms with Crippen molar-refractivity contribution in [2.75, 3.05) is 13.7 Å². The number of aliphatic carboxylic acids is 1. The number of hydrogen-bond acceptors (Lipinski definition) is 7. The van der Waals surface area contributed by atoms with Gasteiger partial charge in [-0.25, -0.2) is 0 Å². The first kappa shape index (κ1) is 24.9. The van der Waals surface area contributed by atoms with Crippen molar-refractivity contribution < 1.29 is 38.9 Å². The minimum Gasteiger partial charge on any atom is -0.503 e. The predicted octanol–water partition coefficient (Wildman–Crippen LogP) is 0.322. The largest absolute Gasteiger partial charge is 0.503 e. The van der Waals surface area contributed by atoms with Crippen molar-refractivity contribution >= 4 is 41.6 Å². The van der Waals surface area contributed by atoms with E-state index in [-0.39, 0.29) is 28.6 Å². The monoisotopic (exact) mass is 469 g/mol. The fourth-order valence-corrected chi connectivity index (χ4v) is 3.56. The molecule has 11 nitrogen and oxygen atoms in total. The van der Waals surface area contributed by atoms with Gasteiger partial charge < -0.3 is 35.3 Å². The lowest BCUT2D eigenvalue weighted by molar-refractivity contribution is -0.141. The molecule has 0 aliphatic carbocycles. The Morgan fingerprint density at radius 1 is 1.31 bits per heavy atom. The van der Waals surface area contributed by atoms with Crippen molar-refractivity contribution in [2.45, 2.75) is 44.3 Å². The molecule has 0 spiro atoms. The number of aromatic hydroxyl groups is 1. The van der Waals surface area contributed by atoms with E-state index in [2.05, 4.69) is 10.6 Å². The zero-order valence-electron chi connectivity index (χ0n) is 17.5. The molecule has 1 fully saturated rings. The van der Waals surface area contributed by atoms with Crippen molar-refractivity contribution in [2.24, 2.45) is 0 Å². The highest BCUT2D eigenvalue weighted by molar-refractivity contribution is 6.32. The summed E-state index contributed by atoms with van der Waals surface area (Å²) in [7, 11) is 1.30. The number of nitrogens with one attached hydrogen (secondary N) is 2. The Hall–Kier alpha value is -3.34. The molecule has 2 rings (SSSR count). The summed E-state index contributed by atoms with van der Waals surface area (Å²) in [6.45, 7) is 1.71. The lowest BCUT2D eigenvalue weighted by Gasteiger charge is -2.27. The SMILES string of the molecule is COc1cc(C(=O)N[C@@H](C)C(=O)N2CCC[C@H]2C(=O)N[C@H](C=O)CC(=O)O)cc(Cl)c1O. The van der Waals surface area contributed by atoms with Crippen LogP contribution >= 0.6 is 11.6 Å². The molecule has 12 heteroatoms. The number of amides is 3. The molecule has 1 aromatic carbocycles. The first-order valence-electron chi connectivity index (χ1n) is 9.74. The lowest BCUT2D eigenvalue weighted by Crippen LogP contribution is -2.54. The molecule has 0 saturated carbocycles. The second-order valence-electron chi connectivity index (χ2n) is 7.24. The Morgan fingerprint density at radius 3 is 2.59 bits per heavy atom. The number of rotatable bonds is 9. The minimum absolute atomic E-state index is 0.0102. The second-order valence-corrected chi connectivity index (χ2v) is 7.65. The summed E-state index contributed by atoms with van der Waals surface area (Å²) in [5.74, 6) is -3.38. The van der Waals surface area contributed by atoms with E-state index in [9.17, 15) is 29.1 Å². The topological polar surface area (TPSA) is 162 Å². The Labute approximate surface area is 188 Å². The van der Waals surface area contributed by atoms with Gasteiger partial charge in [0.05, 0.1) is 24.6 Å². The zero-order valence-corrected chi connectivity index (χ0v) is 18.2. The quantitative estimate of drug-likeness (QED) is 0.376. The fourth-order valence-electron chi connectivity index (χ4n) is 3.35. The fraction of sp³-hybridized carbons (Fsp3) is 0.450. The smallest absolute Gasteiger partial charge is 0.305 e. The predicted molar refractivity (Wildman–Crippen MR) is 112 cm³/mol. The Morgan fingerprint density at radius 2 is 2.00 bits per heavy atom. The number of aldehydes is 1. The van der Waals surface area contributed by atoms with Crippen molar-refractivity contribution in [1.29, 1.82) is 0 Å². The average molecular weight is 470 g/mol. The number of nitrogens with zero attached hydrogens (tertiary/aromatic N) is 1. The molecule has 0 unspecified atom stereocenters. The molecule has 32 heavy (non-hydrogen) atoms. The number of carboxylic acids is 1. The number of phenolic OH excluding ortho intramolecular Hbond substituents is 1. The Kier molecular flexibility index (Phi) is 8.41. The maximum absolute atomic E-state index is 12.9. The molecule has 0 aromatic heterocycles. The molecule has 0 radical (unpaired) electrons. The number of likely N-dealkylation sites (tertiary alicyclic amines) is 1. The van der Waals surface area contributed by atoms with Gasteiger partial charge in [-0.2, -0.15) is 0 Å². The number of halogens is 1. The van der Waals surface area contributed by atoms with Crippen molar-refractivity contribution in [3.63, 3.8) is 0 Å². The molecule has 3 atom stereocenters. The maximum Gasteiger partial charge on any atom is 0.305 e. The van der Waals surface area contributed by atoms with E-state index in [0.29, 0.717) is 19.1 Å². The molecule has 1 heterocycles. The number of hydrogen-bond donors (Lipinski definition) is 4. The molecule has 1 aliphatic rings. The van der Waals surface area contributed by atoms with Crippen LogP contribution in [0.5, 0.6) is 11.5 Å². The van der Waals surface area contributed by atoms with Gasteiger partial charge in [0.25, 0.3) is 5.91 Å². The second kappa shape index (κ2) is 10.8. The summed E-state index contributed by atoms with van der Waals surface area (Å²) in [6, 6.07) is -0.609. The van der Waals surface area contributed by atoms with Gasteiger partial charge in [-0.3, -0.25) is 19.2 Å². The van der Waals surface area contributed by atoms with E-state index in [1.165, 1.54) is 31.1 Å². The number of carbonyl (C=O) groups excluding carboxylic acids is 4. The highest BCUT2D eigenvalue weighted by Crippen LogP contribution is 2.34. The van der Waals surface area contributed by atoms with E-state index in [1.54, 1.807) is 0 Å². The summed E-state index contributed by atoms with van der Waals surface area (Å²) in [5, 5.41) is 23.3. The molecule has 3 amide bonds. The third-order valence-corrected chi connectivity index (χ3v) is 5.24. The molecule has 1 saturated heterocycles.